The molecular formula is C21H34LiNO5. The molecule has 1 rings (SSSR count). The number of aliphatic hydroxyl groups excluding tert-OH is 1. The van der Waals surface area contributed by atoms with Crippen LogP contribution < -0.4 is 24.2 Å². The van der Waals surface area contributed by atoms with Gasteiger partial charge in [0.2, 0.25) is 0 Å². The number of carboxylic acids is 1. The quantitative estimate of drug-likeness (QED) is 0.578. The maximum atomic E-state index is 11.8. The van der Waals surface area contributed by atoms with E-state index in [1.807, 2.05) is 38.1 Å². The molecule has 0 aromatic heterocycles. The molecule has 1 aromatic rings. The molecule has 6 nitrogen and oxygen atoms in total. The van der Waals surface area contributed by atoms with Gasteiger partial charge in [-0.05, 0) is 64.5 Å². The van der Waals surface area contributed by atoms with Gasteiger partial charge in [0, 0.05) is 0 Å². The molecule has 28 heavy (non-hydrogen) atoms. The molecule has 1 amide bonds. The number of carbonyl (C=O) groups is 2. The molecule has 0 heterocycles. The number of rotatable bonds is 8. The summed E-state index contributed by atoms with van der Waals surface area (Å²) in [5.74, 6) is -1.61. The average Bonchev–Trinajstić information content (AvgIpc) is 2.52. The van der Waals surface area contributed by atoms with Crippen molar-refractivity contribution in [1.82, 2.24) is 5.32 Å². The molecule has 0 aliphatic rings. The summed E-state index contributed by atoms with van der Waals surface area (Å²) in [6.07, 6.45) is -1.14. The van der Waals surface area contributed by atoms with Crippen molar-refractivity contribution in [3.05, 3.63) is 35.4 Å². The zero-order chi connectivity index (χ0) is 20.8. The van der Waals surface area contributed by atoms with Crippen molar-refractivity contribution < 1.29 is 44.8 Å². The van der Waals surface area contributed by atoms with Crippen molar-refractivity contribution in [3.63, 3.8) is 0 Å². The Morgan fingerprint density at radius 3 is 2.25 bits per heavy atom. The number of benzene rings is 1. The molecule has 3 N–H and O–H groups in total. The number of amides is 1. The van der Waals surface area contributed by atoms with E-state index in [-0.39, 0.29) is 32.6 Å². The first kappa shape index (κ1) is 26.5. The Kier molecular flexibility index (Phi) is 10.9. The summed E-state index contributed by atoms with van der Waals surface area (Å²) >= 11 is 0. The minimum Gasteiger partial charge on any atom is -1.00 e. The third-order valence-corrected chi connectivity index (χ3v) is 4.55. The Labute approximate surface area is 181 Å². The predicted molar refractivity (Wildman–Crippen MR) is 106 cm³/mol. The zero-order valence-corrected chi connectivity index (χ0v) is 18.2. The number of aliphatic carboxylic acids is 1. The summed E-state index contributed by atoms with van der Waals surface area (Å²) in [6, 6.07) is 7.28. The van der Waals surface area contributed by atoms with Gasteiger partial charge in [-0.25, -0.2) is 4.79 Å². The van der Waals surface area contributed by atoms with E-state index in [9.17, 15) is 19.8 Å². The summed E-state index contributed by atoms with van der Waals surface area (Å²) in [7, 11) is 0. The summed E-state index contributed by atoms with van der Waals surface area (Å²) < 4.78 is 5.17. The van der Waals surface area contributed by atoms with Gasteiger partial charge in [0.05, 0.1) is 18.1 Å². The van der Waals surface area contributed by atoms with Crippen LogP contribution in [0, 0.1) is 12.8 Å². The molecule has 0 fully saturated rings. The van der Waals surface area contributed by atoms with Crippen molar-refractivity contribution >= 4 is 12.1 Å². The number of hydrogen-bond acceptors (Lipinski definition) is 4. The third-order valence-electron chi connectivity index (χ3n) is 4.55. The van der Waals surface area contributed by atoms with E-state index >= 15 is 0 Å². The average molecular weight is 387 g/mol. The van der Waals surface area contributed by atoms with Crippen LogP contribution in [0.1, 0.15) is 65.9 Å². The molecule has 154 valence electrons. The van der Waals surface area contributed by atoms with Crippen molar-refractivity contribution in [3.8, 4) is 0 Å². The van der Waals surface area contributed by atoms with Crippen LogP contribution in [0.4, 0.5) is 4.79 Å². The van der Waals surface area contributed by atoms with Crippen molar-refractivity contribution in [2.75, 3.05) is 0 Å². The topological polar surface area (TPSA) is 95.9 Å². The van der Waals surface area contributed by atoms with E-state index in [2.05, 4.69) is 5.32 Å². The molecule has 0 saturated heterocycles. The van der Waals surface area contributed by atoms with E-state index in [4.69, 9.17) is 4.74 Å². The van der Waals surface area contributed by atoms with Gasteiger partial charge in [0.25, 0.3) is 0 Å². The maximum absolute atomic E-state index is 11.8. The zero-order valence-electron chi connectivity index (χ0n) is 19.2. The Morgan fingerprint density at radius 2 is 1.75 bits per heavy atom. The molecule has 0 aliphatic heterocycles. The summed E-state index contributed by atoms with van der Waals surface area (Å²) in [5, 5.41) is 22.5. The number of hydrogen-bond donors (Lipinski definition) is 3. The monoisotopic (exact) mass is 387 g/mol. The molecule has 0 spiro atoms. The van der Waals surface area contributed by atoms with Crippen LogP contribution >= 0.6 is 0 Å². The number of alkyl carbamates (subject to hydrolysis) is 1. The number of nitrogens with one attached hydrogen (secondary N) is 1. The fourth-order valence-electron chi connectivity index (χ4n) is 3.08. The van der Waals surface area contributed by atoms with Crippen LogP contribution in [-0.4, -0.2) is 40.0 Å². The second-order valence-electron chi connectivity index (χ2n) is 8.27. The summed E-state index contributed by atoms with van der Waals surface area (Å²) in [6.45, 7) is 10.9. The van der Waals surface area contributed by atoms with Crippen LogP contribution in [0.15, 0.2) is 24.3 Å². The Balaban J connectivity index is 0. The van der Waals surface area contributed by atoms with Gasteiger partial charge >= 0.3 is 30.9 Å². The first-order chi connectivity index (χ1) is 12.4. The van der Waals surface area contributed by atoms with Crippen LogP contribution in [-0.2, 0) is 9.53 Å². The molecule has 1 aromatic carbocycles. The minimum atomic E-state index is -0.984. The first-order valence-electron chi connectivity index (χ1n) is 9.36. The second kappa shape index (κ2) is 11.5. The van der Waals surface area contributed by atoms with E-state index in [0.717, 1.165) is 11.1 Å². The Morgan fingerprint density at radius 1 is 1.18 bits per heavy atom. The molecule has 0 saturated carbocycles. The normalized spacial score (nSPS) is 15.5. The SMILES string of the molecule is Cc1ccccc1C(C)C[C@H](C[C@@H](O)[C@H](C)NC(=O)OC(C)(C)C)C(=O)O.[H-].[Li+]. The fraction of sp³-hybridized carbons (Fsp3) is 0.619. The van der Waals surface area contributed by atoms with Crippen molar-refractivity contribution in [1.29, 1.82) is 0 Å². The number of carboxylic acid groups (broad SMARTS) is 1. The number of aliphatic hydroxyl groups is 1. The fourth-order valence-corrected chi connectivity index (χ4v) is 3.08. The van der Waals surface area contributed by atoms with Crippen molar-refractivity contribution in [2.45, 2.75) is 78.0 Å². The number of ether oxygens (including phenoxy) is 1. The molecule has 4 atom stereocenters. The van der Waals surface area contributed by atoms with E-state index < -0.39 is 35.7 Å². The third kappa shape index (κ3) is 9.14. The van der Waals surface area contributed by atoms with Crippen LogP contribution in [0.25, 0.3) is 0 Å². The van der Waals surface area contributed by atoms with Crippen LogP contribution in [0.3, 0.4) is 0 Å². The summed E-state index contributed by atoms with van der Waals surface area (Å²) in [5.41, 5.74) is 1.59. The van der Waals surface area contributed by atoms with Gasteiger partial charge < -0.3 is 21.7 Å². The van der Waals surface area contributed by atoms with Gasteiger partial charge in [0.1, 0.15) is 5.60 Å². The molecule has 0 aliphatic carbocycles. The van der Waals surface area contributed by atoms with Gasteiger partial charge in [-0.2, -0.15) is 0 Å². The number of carbonyl (C=O) groups excluding carboxylic acids is 1. The molecular weight excluding hydrogens is 353 g/mol. The molecule has 0 radical (unpaired) electrons. The van der Waals surface area contributed by atoms with Crippen LogP contribution in [0.5, 0.6) is 0 Å². The Hall–Kier alpha value is -1.48. The van der Waals surface area contributed by atoms with Crippen molar-refractivity contribution in [2.24, 2.45) is 5.92 Å². The Bertz CT molecular complexity index is 650. The smallest absolute Gasteiger partial charge is 1.00 e. The van der Waals surface area contributed by atoms with Crippen LogP contribution in [0.2, 0.25) is 0 Å². The van der Waals surface area contributed by atoms with E-state index in [0.29, 0.717) is 6.42 Å². The molecule has 1 unspecified atom stereocenters. The molecule has 0 bridgehead atoms. The predicted octanol–water partition coefficient (Wildman–Crippen LogP) is 0.970. The summed E-state index contributed by atoms with van der Waals surface area (Å²) in [4.78, 5) is 23.5. The van der Waals surface area contributed by atoms with Gasteiger partial charge in [0.15, 0.2) is 0 Å². The standard InChI is InChI=1S/C21H33NO5.Li.H/c1-13-9-7-8-10-17(13)14(2)11-16(19(24)25)12-18(23)15(3)22-20(26)27-21(4,5)6;;/h7-10,14-16,18,23H,11-12H2,1-6H3,(H,22,26)(H,24,25);;/q;+1;-1/t14?,15-,16+,18+;;/m0../s1. The first-order valence-corrected chi connectivity index (χ1v) is 9.36. The second-order valence-corrected chi connectivity index (χ2v) is 8.27. The van der Waals surface area contributed by atoms with Gasteiger partial charge in [-0.15, -0.1) is 0 Å². The molecule has 7 heteroatoms. The largest absolute Gasteiger partial charge is 1.00 e. The van der Waals surface area contributed by atoms with Gasteiger partial charge in [-0.1, -0.05) is 31.2 Å². The maximum Gasteiger partial charge on any atom is 1.00 e. The minimum absolute atomic E-state index is 0. The van der Waals surface area contributed by atoms with Gasteiger partial charge in [-0.3, -0.25) is 4.79 Å². The number of aryl methyl sites for hydroxylation is 1. The van der Waals surface area contributed by atoms with E-state index in [1.165, 1.54) is 0 Å². The van der Waals surface area contributed by atoms with E-state index in [1.54, 1.807) is 27.7 Å².